The molecule has 1 saturated heterocycles. The standard InChI is InChI=1S/C26H31N3O5/c1-3-33-24(30)16-22-14-20-8-9-21(15-23(20)34-26(22)27-2)25(31)19-6-4-18(5-7-19)17-28-29-10-12-32-13-11-29/h4-9,15,17,22,26-27H,3,10-14,16H2,1-2H3. The van der Waals surface area contributed by atoms with Crippen LogP contribution in [0.2, 0.25) is 0 Å². The van der Waals surface area contributed by atoms with Crippen molar-refractivity contribution < 1.29 is 23.8 Å². The van der Waals surface area contributed by atoms with Crippen molar-refractivity contribution in [1.82, 2.24) is 10.3 Å². The molecule has 2 aromatic rings. The number of fused-ring (bicyclic) bond motifs is 1. The van der Waals surface area contributed by atoms with Crippen LogP contribution in [-0.2, 0) is 20.7 Å². The van der Waals surface area contributed by atoms with Crippen LogP contribution >= 0.6 is 0 Å². The Morgan fingerprint density at radius 1 is 1.15 bits per heavy atom. The van der Waals surface area contributed by atoms with Crippen molar-refractivity contribution in [2.75, 3.05) is 40.0 Å². The summed E-state index contributed by atoms with van der Waals surface area (Å²) in [4.78, 5) is 25.1. The highest BCUT2D eigenvalue weighted by Crippen LogP contribution is 2.33. The molecule has 0 spiro atoms. The summed E-state index contributed by atoms with van der Waals surface area (Å²) in [5.41, 5.74) is 3.07. The van der Waals surface area contributed by atoms with Crippen LogP contribution in [0.4, 0.5) is 0 Å². The Balaban J connectivity index is 1.43. The Bertz CT molecular complexity index is 1030. The number of morpholine rings is 1. The number of nitrogens with zero attached hydrogens (tertiary/aromatic N) is 2. The normalized spacial score (nSPS) is 20.0. The Kier molecular flexibility index (Phi) is 7.92. The van der Waals surface area contributed by atoms with Crippen LogP contribution in [0.3, 0.4) is 0 Å². The molecule has 2 atom stereocenters. The van der Waals surface area contributed by atoms with Crippen molar-refractivity contribution in [1.29, 1.82) is 0 Å². The zero-order chi connectivity index (χ0) is 23.9. The van der Waals surface area contributed by atoms with E-state index in [9.17, 15) is 9.59 Å². The van der Waals surface area contributed by atoms with Gasteiger partial charge in [-0.1, -0.05) is 36.4 Å². The molecule has 2 aliphatic rings. The zero-order valence-corrected chi connectivity index (χ0v) is 19.7. The number of nitrogens with one attached hydrogen (secondary N) is 1. The largest absolute Gasteiger partial charge is 0.475 e. The van der Waals surface area contributed by atoms with E-state index in [-0.39, 0.29) is 30.3 Å². The number of ketones is 1. The number of carbonyl (C=O) groups excluding carboxylic acids is 2. The first-order valence-corrected chi connectivity index (χ1v) is 11.7. The fourth-order valence-electron chi connectivity index (χ4n) is 4.21. The maximum absolute atomic E-state index is 13.1. The third-order valence-corrected chi connectivity index (χ3v) is 6.04. The molecule has 1 fully saturated rings. The highest BCUT2D eigenvalue weighted by molar-refractivity contribution is 6.09. The van der Waals surface area contributed by atoms with Gasteiger partial charge in [0.1, 0.15) is 5.75 Å². The van der Waals surface area contributed by atoms with Crippen LogP contribution in [-0.4, -0.2) is 69.2 Å². The van der Waals surface area contributed by atoms with Gasteiger partial charge in [-0.05, 0) is 37.6 Å². The fourth-order valence-corrected chi connectivity index (χ4v) is 4.21. The average molecular weight is 466 g/mol. The van der Waals surface area contributed by atoms with Crippen molar-refractivity contribution in [3.05, 3.63) is 64.7 Å². The summed E-state index contributed by atoms with van der Waals surface area (Å²) >= 11 is 0. The lowest BCUT2D eigenvalue weighted by Crippen LogP contribution is -2.43. The third-order valence-electron chi connectivity index (χ3n) is 6.04. The van der Waals surface area contributed by atoms with E-state index in [1.165, 1.54) is 0 Å². The molecule has 0 saturated carbocycles. The topological polar surface area (TPSA) is 89.5 Å². The average Bonchev–Trinajstić information content (AvgIpc) is 2.87. The second kappa shape index (κ2) is 11.3. The number of carbonyl (C=O) groups is 2. The zero-order valence-electron chi connectivity index (χ0n) is 19.7. The highest BCUT2D eigenvalue weighted by atomic mass is 16.5. The molecule has 0 bridgehead atoms. The maximum atomic E-state index is 13.1. The summed E-state index contributed by atoms with van der Waals surface area (Å²) in [5.74, 6) is 0.326. The fraction of sp³-hybridized carbons (Fsp3) is 0.423. The van der Waals surface area contributed by atoms with Gasteiger partial charge in [0.05, 0.1) is 45.5 Å². The van der Waals surface area contributed by atoms with Crippen molar-refractivity contribution >= 4 is 18.0 Å². The van der Waals surface area contributed by atoms with Crippen molar-refractivity contribution in [2.45, 2.75) is 26.0 Å². The summed E-state index contributed by atoms with van der Waals surface area (Å²) in [7, 11) is 1.80. The Hall–Kier alpha value is -3.23. The molecule has 180 valence electrons. The lowest BCUT2D eigenvalue weighted by Gasteiger charge is -2.33. The third kappa shape index (κ3) is 5.81. The molecule has 1 N–H and O–H groups in total. The molecule has 2 aromatic carbocycles. The number of rotatable bonds is 8. The van der Waals surface area contributed by atoms with Gasteiger partial charge >= 0.3 is 5.97 Å². The van der Waals surface area contributed by atoms with Gasteiger partial charge in [0.25, 0.3) is 0 Å². The van der Waals surface area contributed by atoms with Gasteiger partial charge in [0.15, 0.2) is 12.0 Å². The van der Waals surface area contributed by atoms with E-state index in [0.717, 1.165) is 24.2 Å². The minimum Gasteiger partial charge on any atom is -0.475 e. The number of esters is 1. The van der Waals surface area contributed by atoms with Crippen LogP contribution in [0.5, 0.6) is 5.75 Å². The molecule has 4 rings (SSSR count). The van der Waals surface area contributed by atoms with E-state index < -0.39 is 0 Å². The van der Waals surface area contributed by atoms with Crippen LogP contribution in [0.15, 0.2) is 47.6 Å². The summed E-state index contributed by atoms with van der Waals surface area (Å²) in [6, 6.07) is 12.9. The molecule has 0 aliphatic carbocycles. The van der Waals surface area contributed by atoms with E-state index in [1.807, 2.05) is 41.4 Å². The Labute approximate surface area is 199 Å². The molecule has 0 radical (unpaired) electrons. The molecular formula is C26H31N3O5. The number of ether oxygens (including phenoxy) is 3. The van der Waals surface area contributed by atoms with Gasteiger partial charge in [-0.15, -0.1) is 0 Å². The first kappa shape index (κ1) is 23.9. The van der Waals surface area contributed by atoms with E-state index in [0.29, 0.717) is 43.1 Å². The Morgan fingerprint density at radius 3 is 2.59 bits per heavy atom. The molecule has 2 unspecified atom stereocenters. The number of hydrogen-bond acceptors (Lipinski definition) is 8. The molecule has 2 heterocycles. The first-order valence-electron chi connectivity index (χ1n) is 11.7. The maximum Gasteiger partial charge on any atom is 0.306 e. The van der Waals surface area contributed by atoms with Gasteiger partial charge < -0.3 is 14.2 Å². The number of hydrazone groups is 1. The quantitative estimate of drug-likeness (QED) is 0.364. The Morgan fingerprint density at radius 2 is 1.88 bits per heavy atom. The molecule has 34 heavy (non-hydrogen) atoms. The predicted molar refractivity (Wildman–Crippen MR) is 128 cm³/mol. The smallest absolute Gasteiger partial charge is 0.306 e. The summed E-state index contributed by atoms with van der Waals surface area (Å²) < 4.78 is 16.5. The van der Waals surface area contributed by atoms with E-state index >= 15 is 0 Å². The van der Waals surface area contributed by atoms with Gasteiger partial charge in [-0.25, -0.2) is 0 Å². The van der Waals surface area contributed by atoms with Crippen molar-refractivity contribution in [2.24, 2.45) is 11.0 Å². The van der Waals surface area contributed by atoms with Crippen LogP contribution in [0.1, 0.15) is 40.4 Å². The van der Waals surface area contributed by atoms with Crippen molar-refractivity contribution in [3.8, 4) is 5.75 Å². The second-order valence-corrected chi connectivity index (χ2v) is 8.38. The SMILES string of the molecule is CCOC(=O)CC1Cc2ccc(C(=O)c3ccc(C=NN4CCOCC4)cc3)cc2OC1NC. The van der Waals surface area contributed by atoms with Gasteiger partial charge in [-0.3, -0.25) is 19.9 Å². The van der Waals surface area contributed by atoms with E-state index in [4.69, 9.17) is 14.2 Å². The lowest BCUT2D eigenvalue weighted by molar-refractivity contribution is -0.145. The number of hydrogen-bond donors (Lipinski definition) is 1. The lowest BCUT2D eigenvalue weighted by atomic mass is 9.90. The first-order chi connectivity index (χ1) is 16.6. The molecule has 8 nitrogen and oxygen atoms in total. The van der Waals surface area contributed by atoms with Crippen molar-refractivity contribution in [3.63, 3.8) is 0 Å². The summed E-state index contributed by atoms with van der Waals surface area (Å²) in [6.07, 6.45) is 2.43. The van der Waals surface area contributed by atoms with E-state index in [1.54, 1.807) is 26.3 Å². The van der Waals surface area contributed by atoms with Crippen LogP contribution in [0, 0.1) is 5.92 Å². The van der Waals surface area contributed by atoms with E-state index in [2.05, 4.69) is 10.4 Å². The van der Waals surface area contributed by atoms with Gasteiger partial charge in [0, 0.05) is 17.0 Å². The van der Waals surface area contributed by atoms with Crippen LogP contribution < -0.4 is 10.1 Å². The van der Waals surface area contributed by atoms with Crippen LogP contribution in [0.25, 0.3) is 0 Å². The molecule has 0 aromatic heterocycles. The molecule has 2 aliphatic heterocycles. The molecule has 0 amide bonds. The second-order valence-electron chi connectivity index (χ2n) is 8.38. The minimum absolute atomic E-state index is 0.0372. The minimum atomic E-state index is -0.327. The highest BCUT2D eigenvalue weighted by Gasteiger charge is 2.31. The predicted octanol–water partition coefficient (Wildman–Crippen LogP) is 2.63. The number of benzene rings is 2. The summed E-state index contributed by atoms with van der Waals surface area (Å²) in [6.45, 7) is 5.11. The van der Waals surface area contributed by atoms with Gasteiger partial charge in [0.2, 0.25) is 0 Å². The van der Waals surface area contributed by atoms with Gasteiger partial charge in [-0.2, -0.15) is 5.10 Å². The summed E-state index contributed by atoms with van der Waals surface area (Å²) in [5, 5.41) is 9.58. The monoisotopic (exact) mass is 465 g/mol. The molecular weight excluding hydrogens is 434 g/mol. The molecule has 8 heteroatoms.